The number of carbonyl (C=O) groups is 2. The third-order valence-corrected chi connectivity index (χ3v) is 3.31. The molecule has 1 fully saturated rings. The first-order valence-corrected chi connectivity index (χ1v) is 6.13. The van der Waals surface area contributed by atoms with Crippen LogP contribution in [0.3, 0.4) is 0 Å². The Balaban J connectivity index is 2.22. The van der Waals surface area contributed by atoms with Gasteiger partial charge in [-0.1, -0.05) is 0 Å². The molecular formula is C13H14F2N2O3. The largest absolute Gasteiger partial charge is 0.478 e. The van der Waals surface area contributed by atoms with Crippen LogP contribution < -0.4 is 4.90 Å². The van der Waals surface area contributed by atoms with Gasteiger partial charge in [-0.2, -0.15) is 0 Å². The third kappa shape index (κ3) is 2.71. The Morgan fingerprint density at radius 3 is 2.00 bits per heavy atom. The van der Waals surface area contributed by atoms with Gasteiger partial charge in [0.05, 0.1) is 5.56 Å². The number of hydrogen-bond acceptors (Lipinski definition) is 3. The molecule has 1 saturated heterocycles. The van der Waals surface area contributed by atoms with Crippen molar-refractivity contribution in [1.82, 2.24) is 4.90 Å². The second-order valence-corrected chi connectivity index (χ2v) is 4.59. The van der Waals surface area contributed by atoms with E-state index in [0.717, 1.165) is 12.1 Å². The zero-order valence-corrected chi connectivity index (χ0v) is 10.9. The summed E-state index contributed by atoms with van der Waals surface area (Å²) in [6.07, 6.45) is 0. The highest BCUT2D eigenvalue weighted by molar-refractivity contribution is 5.88. The molecule has 1 N–H and O–H groups in total. The maximum atomic E-state index is 13.9. The molecule has 7 heteroatoms. The van der Waals surface area contributed by atoms with Gasteiger partial charge in [-0.05, 0) is 12.1 Å². The molecule has 0 aliphatic carbocycles. The van der Waals surface area contributed by atoms with Crippen LogP contribution in [-0.2, 0) is 4.79 Å². The van der Waals surface area contributed by atoms with E-state index in [1.807, 2.05) is 0 Å². The van der Waals surface area contributed by atoms with Crippen molar-refractivity contribution in [2.45, 2.75) is 6.92 Å². The SMILES string of the molecule is CC(=O)N1CCN(c2c(F)cc(C(=O)O)cc2F)CC1. The van der Waals surface area contributed by atoms with Crippen molar-refractivity contribution in [3.8, 4) is 0 Å². The summed E-state index contributed by atoms with van der Waals surface area (Å²) in [4.78, 5) is 25.0. The molecule has 1 heterocycles. The predicted molar refractivity (Wildman–Crippen MR) is 67.8 cm³/mol. The van der Waals surface area contributed by atoms with Gasteiger partial charge in [0.15, 0.2) is 0 Å². The molecule has 108 valence electrons. The molecule has 1 aromatic rings. The average Bonchev–Trinajstić information content (AvgIpc) is 2.38. The quantitative estimate of drug-likeness (QED) is 0.890. The Bertz CT molecular complexity index is 532. The molecule has 1 aliphatic heterocycles. The standard InChI is InChI=1S/C13H14F2N2O3/c1-8(18)16-2-4-17(5-3-16)12-10(14)6-9(13(19)20)7-11(12)15/h6-7H,2-5H2,1H3,(H,19,20). The Morgan fingerprint density at radius 1 is 1.10 bits per heavy atom. The van der Waals surface area contributed by atoms with Crippen molar-refractivity contribution in [2.24, 2.45) is 0 Å². The molecule has 2 rings (SSSR count). The Hall–Kier alpha value is -2.18. The zero-order valence-electron chi connectivity index (χ0n) is 10.9. The maximum absolute atomic E-state index is 13.9. The van der Waals surface area contributed by atoms with E-state index in [2.05, 4.69) is 0 Å². The van der Waals surface area contributed by atoms with E-state index < -0.39 is 23.2 Å². The number of carboxylic acid groups (broad SMARTS) is 1. The Kier molecular flexibility index (Phi) is 3.87. The van der Waals surface area contributed by atoms with Crippen LogP contribution >= 0.6 is 0 Å². The van der Waals surface area contributed by atoms with E-state index in [1.165, 1.54) is 11.8 Å². The van der Waals surface area contributed by atoms with Crippen LogP contribution in [0.5, 0.6) is 0 Å². The average molecular weight is 284 g/mol. The smallest absolute Gasteiger partial charge is 0.335 e. The van der Waals surface area contributed by atoms with Gasteiger partial charge in [0.25, 0.3) is 0 Å². The molecule has 0 unspecified atom stereocenters. The first-order valence-electron chi connectivity index (χ1n) is 6.13. The second-order valence-electron chi connectivity index (χ2n) is 4.59. The number of aromatic carboxylic acids is 1. The van der Waals surface area contributed by atoms with Gasteiger partial charge in [0.1, 0.15) is 17.3 Å². The van der Waals surface area contributed by atoms with Crippen LogP contribution in [0.2, 0.25) is 0 Å². The number of carbonyl (C=O) groups excluding carboxylic acids is 1. The minimum absolute atomic E-state index is 0.0770. The van der Waals surface area contributed by atoms with Gasteiger partial charge in [0.2, 0.25) is 5.91 Å². The molecule has 5 nitrogen and oxygen atoms in total. The fraction of sp³-hybridized carbons (Fsp3) is 0.385. The van der Waals surface area contributed by atoms with Crippen molar-refractivity contribution in [3.05, 3.63) is 29.3 Å². The highest BCUT2D eigenvalue weighted by Gasteiger charge is 2.24. The molecule has 0 saturated carbocycles. The van der Waals surface area contributed by atoms with Crippen molar-refractivity contribution in [1.29, 1.82) is 0 Å². The molecule has 0 bridgehead atoms. The molecule has 0 aromatic heterocycles. The zero-order chi connectivity index (χ0) is 14.9. The van der Waals surface area contributed by atoms with Crippen LogP contribution in [0.15, 0.2) is 12.1 Å². The second kappa shape index (κ2) is 5.44. The number of piperazine rings is 1. The van der Waals surface area contributed by atoms with Gasteiger partial charge >= 0.3 is 5.97 Å². The molecule has 1 aliphatic rings. The molecule has 0 spiro atoms. The molecule has 0 atom stereocenters. The summed E-state index contributed by atoms with van der Waals surface area (Å²) in [6.45, 7) is 2.82. The van der Waals surface area contributed by atoms with Crippen molar-refractivity contribution in [2.75, 3.05) is 31.1 Å². The molecule has 1 amide bonds. The fourth-order valence-corrected chi connectivity index (χ4v) is 2.24. The lowest BCUT2D eigenvalue weighted by Crippen LogP contribution is -2.48. The monoisotopic (exact) mass is 284 g/mol. The number of benzene rings is 1. The number of rotatable bonds is 2. The minimum atomic E-state index is -1.38. The van der Waals surface area contributed by atoms with Crippen molar-refractivity contribution >= 4 is 17.6 Å². The predicted octanol–water partition coefficient (Wildman–Crippen LogP) is 1.33. The van der Waals surface area contributed by atoms with E-state index >= 15 is 0 Å². The molecule has 20 heavy (non-hydrogen) atoms. The summed E-state index contributed by atoms with van der Waals surface area (Å²) < 4.78 is 27.8. The van der Waals surface area contributed by atoms with Crippen LogP contribution in [0, 0.1) is 11.6 Å². The lowest BCUT2D eigenvalue weighted by Gasteiger charge is -2.35. The van der Waals surface area contributed by atoms with Gasteiger partial charge in [-0.25, -0.2) is 13.6 Å². The van der Waals surface area contributed by atoms with E-state index in [1.54, 1.807) is 4.90 Å². The Morgan fingerprint density at radius 2 is 1.60 bits per heavy atom. The fourth-order valence-electron chi connectivity index (χ4n) is 2.24. The summed E-state index contributed by atoms with van der Waals surface area (Å²) in [5.74, 6) is -3.26. The summed E-state index contributed by atoms with van der Waals surface area (Å²) in [5.41, 5.74) is -0.663. The first kappa shape index (κ1) is 14.2. The third-order valence-electron chi connectivity index (χ3n) is 3.31. The number of halogens is 2. The van der Waals surface area contributed by atoms with E-state index in [4.69, 9.17) is 5.11 Å². The van der Waals surface area contributed by atoms with Gasteiger partial charge in [0, 0.05) is 33.1 Å². The van der Waals surface area contributed by atoms with E-state index in [9.17, 15) is 18.4 Å². The van der Waals surface area contributed by atoms with Crippen LogP contribution in [0.4, 0.5) is 14.5 Å². The van der Waals surface area contributed by atoms with Gasteiger partial charge in [-0.15, -0.1) is 0 Å². The lowest BCUT2D eigenvalue weighted by atomic mass is 10.1. The van der Waals surface area contributed by atoms with E-state index in [0.29, 0.717) is 26.2 Å². The summed E-state index contributed by atoms with van der Waals surface area (Å²) in [5, 5.41) is 8.74. The van der Waals surface area contributed by atoms with E-state index in [-0.39, 0.29) is 11.6 Å². The number of nitrogens with zero attached hydrogens (tertiary/aromatic N) is 2. The summed E-state index contributed by atoms with van der Waals surface area (Å²) >= 11 is 0. The van der Waals surface area contributed by atoms with Gasteiger partial charge < -0.3 is 14.9 Å². The lowest BCUT2D eigenvalue weighted by molar-refractivity contribution is -0.129. The summed E-state index contributed by atoms with van der Waals surface area (Å²) in [7, 11) is 0. The number of hydrogen-bond donors (Lipinski definition) is 1. The molecule has 1 aromatic carbocycles. The maximum Gasteiger partial charge on any atom is 0.335 e. The topological polar surface area (TPSA) is 60.9 Å². The van der Waals surface area contributed by atoms with Gasteiger partial charge in [-0.3, -0.25) is 4.79 Å². The first-order chi connectivity index (χ1) is 9.40. The summed E-state index contributed by atoms with van der Waals surface area (Å²) in [6, 6.07) is 1.61. The highest BCUT2D eigenvalue weighted by Crippen LogP contribution is 2.26. The van der Waals surface area contributed by atoms with Crippen molar-refractivity contribution in [3.63, 3.8) is 0 Å². The minimum Gasteiger partial charge on any atom is -0.478 e. The van der Waals surface area contributed by atoms with Crippen molar-refractivity contribution < 1.29 is 23.5 Å². The van der Waals surface area contributed by atoms with Crippen LogP contribution in [0.25, 0.3) is 0 Å². The number of anilines is 1. The molecule has 0 radical (unpaired) electrons. The number of amides is 1. The highest BCUT2D eigenvalue weighted by atomic mass is 19.1. The van der Waals surface area contributed by atoms with Crippen LogP contribution in [-0.4, -0.2) is 48.1 Å². The molecular weight excluding hydrogens is 270 g/mol. The normalized spacial score (nSPS) is 15.3. The Labute approximate surface area is 114 Å². The number of carboxylic acids is 1. The van der Waals surface area contributed by atoms with Crippen LogP contribution in [0.1, 0.15) is 17.3 Å².